The minimum Gasteiger partial charge on any atom is -0.330 e. The maximum absolute atomic E-state index is 4.88. The van der Waals surface area contributed by atoms with Gasteiger partial charge in [0.05, 0.1) is 27.5 Å². The zero-order valence-electron chi connectivity index (χ0n) is 13.9. The Balaban J connectivity index is 1.97. The van der Waals surface area contributed by atoms with Gasteiger partial charge in [-0.2, -0.15) is 0 Å². The van der Waals surface area contributed by atoms with Crippen molar-refractivity contribution in [2.24, 2.45) is 14.1 Å². The first-order valence-corrected chi connectivity index (χ1v) is 7.84. The van der Waals surface area contributed by atoms with E-state index in [9.17, 15) is 0 Å². The zero-order chi connectivity index (χ0) is 16.2. The van der Waals surface area contributed by atoms with Gasteiger partial charge in [0.2, 0.25) is 0 Å². The Hall–Kier alpha value is -2.62. The van der Waals surface area contributed by atoms with Crippen molar-refractivity contribution in [1.29, 1.82) is 0 Å². The highest BCUT2D eigenvalue weighted by molar-refractivity contribution is 5.77. The second kappa shape index (κ2) is 4.69. The van der Waals surface area contributed by atoms with Gasteiger partial charge in [-0.1, -0.05) is 24.3 Å². The van der Waals surface area contributed by atoms with E-state index >= 15 is 0 Å². The molecule has 0 radical (unpaired) electrons. The van der Waals surface area contributed by atoms with Crippen LogP contribution in [0.25, 0.3) is 22.1 Å². The van der Waals surface area contributed by atoms with Crippen LogP contribution in [0.1, 0.15) is 25.5 Å². The summed E-state index contributed by atoms with van der Waals surface area (Å²) in [6.45, 7) is 4.38. The van der Waals surface area contributed by atoms with Gasteiger partial charge in [-0.05, 0) is 38.1 Å². The number of aryl methyl sites for hydroxylation is 2. The number of rotatable bonds is 2. The molecule has 4 rings (SSSR count). The topological polar surface area (TPSA) is 35.6 Å². The smallest absolute Gasteiger partial charge is 0.122 e. The summed E-state index contributed by atoms with van der Waals surface area (Å²) >= 11 is 0. The van der Waals surface area contributed by atoms with Crippen LogP contribution in [0.5, 0.6) is 0 Å². The Kier molecular flexibility index (Phi) is 2.85. The minimum atomic E-state index is -0.290. The summed E-state index contributed by atoms with van der Waals surface area (Å²) in [5, 5.41) is 0. The van der Waals surface area contributed by atoms with E-state index in [1.165, 1.54) is 0 Å². The number of para-hydroxylation sites is 4. The van der Waals surface area contributed by atoms with Gasteiger partial charge in [-0.3, -0.25) is 0 Å². The van der Waals surface area contributed by atoms with Crippen LogP contribution in [0.4, 0.5) is 0 Å². The monoisotopic (exact) mass is 304 g/mol. The quantitative estimate of drug-likeness (QED) is 0.565. The van der Waals surface area contributed by atoms with Crippen LogP contribution in [0.15, 0.2) is 48.5 Å². The third kappa shape index (κ3) is 1.91. The average Bonchev–Trinajstić information content (AvgIpc) is 3.07. The lowest BCUT2D eigenvalue weighted by Gasteiger charge is -2.23. The van der Waals surface area contributed by atoms with Crippen LogP contribution < -0.4 is 0 Å². The van der Waals surface area contributed by atoms with E-state index < -0.39 is 0 Å². The van der Waals surface area contributed by atoms with Crippen molar-refractivity contribution in [3.63, 3.8) is 0 Å². The predicted octanol–water partition coefficient (Wildman–Crippen LogP) is 3.79. The molecular weight excluding hydrogens is 284 g/mol. The van der Waals surface area contributed by atoms with Crippen molar-refractivity contribution >= 4 is 22.1 Å². The lowest BCUT2D eigenvalue weighted by Crippen LogP contribution is -2.27. The molecule has 0 fully saturated rings. The highest BCUT2D eigenvalue weighted by atomic mass is 15.1. The molecule has 0 aliphatic carbocycles. The van der Waals surface area contributed by atoms with Gasteiger partial charge < -0.3 is 9.13 Å². The maximum Gasteiger partial charge on any atom is 0.122 e. The molecule has 0 saturated carbocycles. The fraction of sp³-hybridized carbons (Fsp3) is 0.263. The number of nitrogens with zero attached hydrogens (tertiary/aromatic N) is 4. The van der Waals surface area contributed by atoms with Gasteiger partial charge in [0.25, 0.3) is 0 Å². The van der Waals surface area contributed by atoms with Crippen LogP contribution in [-0.2, 0) is 19.5 Å². The van der Waals surface area contributed by atoms with E-state index in [4.69, 9.17) is 9.97 Å². The largest absolute Gasteiger partial charge is 0.330 e. The highest BCUT2D eigenvalue weighted by Crippen LogP contribution is 2.33. The minimum absolute atomic E-state index is 0.290. The van der Waals surface area contributed by atoms with Crippen molar-refractivity contribution in [2.75, 3.05) is 0 Å². The normalized spacial score (nSPS) is 12.3. The summed E-state index contributed by atoms with van der Waals surface area (Å²) in [6.07, 6.45) is 0. The molecule has 0 atom stereocenters. The number of imidazole rings is 2. The van der Waals surface area contributed by atoms with Gasteiger partial charge in [0, 0.05) is 14.1 Å². The lowest BCUT2D eigenvalue weighted by atomic mass is 9.91. The summed E-state index contributed by atoms with van der Waals surface area (Å²) < 4.78 is 4.35. The summed E-state index contributed by atoms with van der Waals surface area (Å²) in [5.41, 5.74) is 4.05. The van der Waals surface area contributed by atoms with Crippen molar-refractivity contribution in [2.45, 2.75) is 19.3 Å². The maximum atomic E-state index is 4.88. The van der Waals surface area contributed by atoms with Crippen molar-refractivity contribution < 1.29 is 0 Å². The molecule has 0 aliphatic heterocycles. The van der Waals surface area contributed by atoms with Gasteiger partial charge in [-0.25, -0.2) is 9.97 Å². The van der Waals surface area contributed by atoms with Crippen molar-refractivity contribution in [3.8, 4) is 0 Å². The highest BCUT2D eigenvalue weighted by Gasteiger charge is 2.33. The van der Waals surface area contributed by atoms with Crippen LogP contribution >= 0.6 is 0 Å². The molecule has 116 valence electrons. The van der Waals surface area contributed by atoms with Crippen molar-refractivity contribution in [1.82, 2.24) is 19.1 Å². The Bertz CT molecular complexity index is 938. The summed E-state index contributed by atoms with van der Waals surface area (Å²) in [5.74, 6) is 2.05. The fourth-order valence-corrected chi connectivity index (χ4v) is 3.51. The number of hydrogen-bond donors (Lipinski definition) is 0. The Labute approximate surface area is 135 Å². The first-order valence-electron chi connectivity index (χ1n) is 7.84. The molecule has 0 spiro atoms. The van der Waals surface area contributed by atoms with E-state index in [1.807, 2.05) is 12.1 Å². The molecule has 0 aliphatic rings. The van der Waals surface area contributed by atoms with E-state index in [0.29, 0.717) is 0 Å². The molecule has 2 heterocycles. The molecule has 4 nitrogen and oxygen atoms in total. The molecule has 0 unspecified atom stereocenters. The average molecular weight is 304 g/mol. The molecule has 0 bridgehead atoms. The fourth-order valence-electron chi connectivity index (χ4n) is 3.51. The van der Waals surface area contributed by atoms with E-state index in [0.717, 1.165) is 33.7 Å². The number of fused-ring (bicyclic) bond motifs is 2. The molecule has 4 aromatic rings. The molecule has 4 heteroatoms. The zero-order valence-corrected chi connectivity index (χ0v) is 13.9. The van der Waals surface area contributed by atoms with E-state index in [-0.39, 0.29) is 5.41 Å². The lowest BCUT2D eigenvalue weighted by molar-refractivity contribution is 0.516. The molecule has 2 aromatic carbocycles. The molecule has 0 amide bonds. The van der Waals surface area contributed by atoms with Crippen LogP contribution in [0, 0.1) is 0 Å². The van der Waals surface area contributed by atoms with Gasteiger partial charge in [0.1, 0.15) is 11.6 Å². The Morgan fingerprint density at radius 1 is 0.696 bits per heavy atom. The molecular formula is C19H20N4. The summed E-state index contributed by atoms with van der Waals surface area (Å²) in [6, 6.07) is 16.5. The van der Waals surface area contributed by atoms with Gasteiger partial charge in [0.15, 0.2) is 0 Å². The van der Waals surface area contributed by atoms with E-state index in [1.54, 1.807) is 0 Å². The van der Waals surface area contributed by atoms with Crippen LogP contribution in [0.2, 0.25) is 0 Å². The molecule has 2 aromatic heterocycles. The van der Waals surface area contributed by atoms with Crippen LogP contribution in [0.3, 0.4) is 0 Å². The standard InChI is InChI=1S/C19H20N4/c1-19(2,17-20-13-9-5-7-11-15(13)22(17)3)18-21-14-10-6-8-12-16(14)23(18)4/h5-12H,1-4H3. The van der Waals surface area contributed by atoms with Crippen LogP contribution in [-0.4, -0.2) is 19.1 Å². The first kappa shape index (κ1) is 14.0. The van der Waals surface area contributed by atoms with Crippen molar-refractivity contribution in [3.05, 3.63) is 60.2 Å². The van der Waals surface area contributed by atoms with Gasteiger partial charge >= 0.3 is 0 Å². The Morgan fingerprint density at radius 2 is 1.09 bits per heavy atom. The second-order valence-electron chi connectivity index (χ2n) is 6.59. The number of aromatic nitrogens is 4. The second-order valence-corrected chi connectivity index (χ2v) is 6.59. The third-order valence-electron chi connectivity index (χ3n) is 4.69. The number of hydrogen-bond acceptors (Lipinski definition) is 2. The molecule has 0 saturated heterocycles. The molecule has 23 heavy (non-hydrogen) atoms. The number of benzene rings is 2. The SMILES string of the molecule is Cn1c(C(C)(C)c2nc3ccccc3n2C)nc2ccccc21. The predicted molar refractivity (Wildman–Crippen MR) is 93.6 cm³/mol. The summed E-state index contributed by atoms with van der Waals surface area (Å²) in [7, 11) is 4.16. The molecule has 0 N–H and O–H groups in total. The van der Waals surface area contributed by atoms with Gasteiger partial charge in [-0.15, -0.1) is 0 Å². The van der Waals surface area contributed by atoms with E-state index in [2.05, 4.69) is 73.5 Å². The summed E-state index contributed by atoms with van der Waals surface area (Å²) in [4.78, 5) is 9.76. The third-order valence-corrected chi connectivity index (χ3v) is 4.69. The Morgan fingerprint density at radius 3 is 1.48 bits per heavy atom. The first-order chi connectivity index (χ1) is 11.0.